The number of carbonyl (C=O) groups is 1. The van der Waals surface area contributed by atoms with E-state index in [2.05, 4.69) is 20.2 Å². The van der Waals surface area contributed by atoms with Crippen LogP contribution in [0.25, 0.3) is 0 Å². The molecule has 0 saturated carbocycles. The summed E-state index contributed by atoms with van der Waals surface area (Å²) in [6.45, 7) is 3.31. The predicted octanol–water partition coefficient (Wildman–Crippen LogP) is 1.83. The molecule has 2 aromatic heterocycles. The quantitative estimate of drug-likeness (QED) is 0.883. The average molecular weight is 358 g/mol. The predicted molar refractivity (Wildman–Crippen MR) is 94.9 cm³/mol. The van der Waals surface area contributed by atoms with Crippen LogP contribution in [-0.4, -0.2) is 46.1 Å². The number of thiazole rings is 1. The van der Waals surface area contributed by atoms with Crippen LogP contribution in [0.4, 0.5) is 0 Å². The summed E-state index contributed by atoms with van der Waals surface area (Å²) < 4.78 is 6.08. The van der Waals surface area contributed by atoms with Gasteiger partial charge in [0, 0.05) is 37.1 Å². The lowest BCUT2D eigenvalue weighted by Crippen LogP contribution is -2.42. The van der Waals surface area contributed by atoms with Crippen molar-refractivity contribution in [2.45, 2.75) is 38.1 Å². The first-order valence-corrected chi connectivity index (χ1v) is 9.58. The molecule has 2 aliphatic rings. The summed E-state index contributed by atoms with van der Waals surface area (Å²) in [6, 6.07) is 3.83. The molecule has 132 valence electrons. The van der Waals surface area contributed by atoms with Crippen LogP contribution >= 0.6 is 11.3 Å². The van der Waals surface area contributed by atoms with Crippen LogP contribution in [0.1, 0.15) is 23.4 Å². The summed E-state index contributed by atoms with van der Waals surface area (Å²) in [7, 11) is 0. The van der Waals surface area contributed by atoms with Gasteiger partial charge in [0.15, 0.2) is 0 Å². The van der Waals surface area contributed by atoms with Gasteiger partial charge in [-0.15, -0.1) is 11.3 Å². The molecule has 25 heavy (non-hydrogen) atoms. The number of ether oxygens (including phenoxy) is 1. The molecule has 1 N–H and O–H groups in total. The fraction of sp³-hybridized carbons (Fsp3) is 0.500. The molecule has 4 rings (SSSR count). The molecule has 6 nitrogen and oxygen atoms in total. The van der Waals surface area contributed by atoms with Crippen molar-refractivity contribution in [3.63, 3.8) is 0 Å². The Morgan fingerprint density at radius 2 is 2.40 bits per heavy atom. The molecule has 0 aromatic carbocycles. The number of pyridine rings is 1. The maximum absolute atomic E-state index is 12.4. The highest BCUT2D eigenvalue weighted by atomic mass is 32.1. The first kappa shape index (κ1) is 16.6. The minimum absolute atomic E-state index is 0.00951. The molecule has 7 heteroatoms. The number of hydrogen-bond acceptors (Lipinski definition) is 6. The molecule has 0 radical (unpaired) electrons. The van der Waals surface area contributed by atoms with E-state index in [4.69, 9.17) is 4.74 Å². The maximum Gasteiger partial charge on any atom is 0.249 e. The third kappa shape index (κ3) is 4.05. The SMILES string of the molecule is O=C(NCc1cccnc1)[C@@H]1C[C@H]2CCN(Cc3nccs3)C[C@H]2O1. The van der Waals surface area contributed by atoms with Crippen LogP contribution < -0.4 is 5.32 Å². The highest BCUT2D eigenvalue weighted by Gasteiger charge is 2.41. The number of aromatic nitrogens is 2. The molecule has 0 bridgehead atoms. The van der Waals surface area contributed by atoms with Gasteiger partial charge in [0.25, 0.3) is 0 Å². The summed E-state index contributed by atoms with van der Waals surface area (Å²) in [5.41, 5.74) is 1.00. The highest BCUT2D eigenvalue weighted by molar-refractivity contribution is 7.09. The van der Waals surface area contributed by atoms with Gasteiger partial charge in [-0.05, 0) is 36.9 Å². The standard InChI is InChI=1S/C18H22N4O2S/c23-18(21-10-13-2-1-4-19-9-13)15-8-14-3-6-22(11-16(14)24-15)12-17-20-5-7-25-17/h1-2,4-5,7,9,14-16H,3,6,8,10-12H2,(H,21,23)/t14-,15+,16-/m1/s1. The van der Waals surface area contributed by atoms with Crippen molar-refractivity contribution in [3.8, 4) is 0 Å². The van der Waals surface area contributed by atoms with Gasteiger partial charge < -0.3 is 10.1 Å². The van der Waals surface area contributed by atoms with Gasteiger partial charge in [-0.2, -0.15) is 0 Å². The van der Waals surface area contributed by atoms with Gasteiger partial charge in [-0.3, -0.25) is 14.7 Å². The van der Waals surface area contributed by atoms with Gasteiger partial charge in [-0.1, -0.05) is 6.07 Å². The van der Waals surface area contributed by atoms with Gasteiger partial charge in [0.2, 0.25) is 5.91 Å². The van der Waals surface area contributed by atoms with E-state index in [9.17, 15) is 4.79 Å². The molecule has 0 unspecified atom stereocenters. The Morgan fingerprint density at radius 1 is 1.44 bits per heavy atom. The molecule has 0 aliphatic carbocycles. The Morgan fingerprint density at radius 3 is 3.20 bits per heavy atom. The number of likely N-dealkylation sites (tertiary alicyclic amines) is 1. The van der Waals surface area contributed by atoms with E-state index >= 15 is 0 Å². The molecular formula is C18H22N4O2S. The number of rotatable bonds is 5. The van der Waals surface area contributed by atoms with E-state index < -0.39 is 0 Å². The van der Waals surface area contributed by atoms with Gasteiger partial charge in [0.1, 0.15) is 11.1 Å². The summed E-state index contributed by atoms with van der Waals surface area (Å²) >= 11 is 1.69. The van der Waals surface area contributed by atoms with Crippen LogP contribution in [0.3, 0.4) is 0 Å². The molecule has 2 aromatic rings. The fourth-order valence-electron chi connectivity index (χ4n) is 3.63. The topological polar surface area (TPSA) is 67.4 Å². The third-order valence-electron chi connectivity index (χ3n) is 4.96. The minimum Gasteiger partial charge on any atom is -0.364 e. The van der Waals surface area contributed by atoms with Gasteiger partial charge in [0.05, 0.1) is 12.6 Å². The molecule has 2 saturated heterocycles. The van der Waals surface area contributed by atoms with Crippen LogP contribution in [0.15, 0.2) is 36.1 Å². The van der Waals surface area contributed by atoms with E-state index in [0.29, 0.717) is 12.5 Å². The Kier molecular flexibility index (Phi) is 5.05. The number of hydrogen-bond donors (Lipinski definition) is 1. The average Bonchev–Trinajstić information content (AvgIpc) is 3.30. The van der Waals surface area contributed by atoms with Crippen molar-refractivity contribution in [2.24, 2.45) is 5.92 Å². The smallest absolute Gasteiger partial charge is 0.249 e. The van der Waals surface area contributed by atoms with E-state index in [1.54, 1.807) is 23.7 Å². The van der Waals surface area contributed by atoms with E-state index in [0.717, 1.165) is 43.0 Å². The molecular weight excluding hydrogens is 336 g/mol. The van der Waals surface area contributed by atoms with Crippen molar-refractivity contribution in [1.82, 2.24) is 20.2 Å². The maximum atomic E-state index is 12.4. The van der Waals surface area contributed by atoms with E-state index in [-0.39, 0.29) is 18.1 Å². The highest BCUT2D eigenvalue weighted by Crippen LogP contribution is 2.33. The zero-order chi connectivity index (χ0) is 17.1. The number of nitrogens with zero attached hydrogens (tertiary/aromatic N) is 3. The zero-order valence-electron chi connectivity index (χ0n) is 14.0. The summed E-state index contributed by atoms with van der Waals surface area (Å²) in [5, 5.41) is 6.12. The minimum atomic E-state index is -0.327. The monoisotopic (exact) mass is 358 g/mol. The molecule has 2 aliphatic heterocycles. The van der Waals surface area contributed by atoms with Gasteiger partial charge in [-0.25, -0.2) is 4.98 Å². The summed E-state index contributed by atoms with van der Waals surface area (Å²) in [5.74, 6) is 0.478. The fourth-order valence-corrected chi connectivity index (χ4v) is 4.29. The van der Waals surface area contributed by atoms with Crippen molar-refractivity contribution in [1.29, 1.82) is 0 Å². The Bertz CT molecular complexity index is 694. The van der Waals surface area contributed by atoms with Crippen LogP contribution in [0, 0.1) is 5.92 Å². The Balaban J connectivity index is 1.28. The summed E-state index contributed by atoms with van der Waals surface area (Å²) in [4.78, 5) is 23.2. The normalized spacial score (nSPS) is 26.3. The number of nitrogens with one attached hydrogen (secondary N) is 1. The Labute approximate surface area is 151 Å². The molecule has 3 atom stereocenters. The lowest BCUT2D eigenvalue weighted by atomic mass is 9.91. The van der Waals surface area contributed by atoms with E-state index in [1.165, 1.54) is 0 Å². The number of fused-ring (bicyclic) bond motifs is 1. The van der Waals surface area contributed by atoms with Crippen molar-refractivity contribution in [3.05, 3.63) is 46.7 Å². The second kappa shape index (κ2) is 7.59. The lowest BCUT2D eigenvalue weighted by molar-refractivity contribution is -0.133. The third-order valence-corrected chi connectivity index (χ3v) is 5.72. The largest absolute Gasteiger partial charge is 0.364 e. The number of piperidine rings is 1. The second-order valence-electron chi connectivity index (χ2n) is 6.69. The Hall–Kier alpha value is -1.83. The molecule has 2 fully saturated rings. The first-order chi connectivity index (χ1) is 12.3. The lowest BCUT2D eigenvalue weighted by Gasteiger charge is -2.33. The zero-order valence-corrected chi connectivity index (χ0v) is 14.8. The molecule has 4 heterocycles. The van der Waals surface area contributed by atoms with Crippen molar-refractivity contribution >= 4 is 17.2 Å². The van der Waals surface area contributed by atoms with Crippen LogP contribution in [0.2, 0.25) is 0 Å². The molecule has 1 amide bonds. The molecule has 0 spiro atoms. The van der Waals surface area contributed by atoms with Crippen LogP contribution in [0.5, 0.6) is 0 Å². The number of amides is 1. The van der Waals surface area contributed by atoms with Crippen molar-refractivity contribution in [2.75, 3.05) is 13.1 Å². The van der Waals surface area contributed by atoms with Gasteiger partial charge >= 0.3 is 0 Å². The second-order valence-corrected chi connectivity index (χ2v) is 7.67. The van der Waals surface area contributed by atoms with Crippen molar-refractivity contribution < 1.29 is 9.53 Å². The van der Waals surface area contributed by atoms with Crippen LogP contribution in [-0.2, 0) is 22.6 Å². The summed E-state index contributed by atoms with van der Waals surface area (Å²) in [6.07, 6.45) is 7.09. The first-order valence-electron chi connectivity index (χ1n) is 8.71. The van der Waals surface area contributed by atoms with E-state index in [1.807, 2.05) is 23.7 Å². The number of carbonyl (C=O) groups excluding carboxylic acids is 1.